The first-order valence-corrected chi connectivity index (χ1v) is 7.69. The molecule has 0 bridgehead atoms. The molecule has 2 aromatic rings. The van der Waals surface area contributed by atoms with Gasteiger partial charge in [-0.25, -0.2) is 0 Å². The first kappa shape index (κ1) is 13.4. The van der Waals surface area contributed by atoms with Crippen LogP contribution in [0.1, 0.15) is 39.8 Å². The first-order valence-electron chi connectivity index (χ1n) is 7.69. The summed E-state index contributed by atoms with van der Waals surface area (Å²) < 4.78 is 0. The van der Waals surface area contributed by atoms with E-state index >= 15 is 0 Å². The summed E-state index contributed by atoms with van der Waals surface area (Å²) in [6.45, 7) is 3.13. The first-order chi connectivity index (χ1) is 10.7. The molecule has 0 saturated carbocycles. The Kier molecular flexibility index (Phi) is 3.15. The average molecular weight is 301 g/mol. The molecular weight excluding hydrogens is 282 g/mol. The van der Waals surface area contributed by atoms with Crippen LogP contribution in [0.5, 0.6) is 0 Å². The maximum absolute atomic E-state index is 12.6. The molecule has 0 aliphatic carbocycles. The van der Waals surface area contributed by atoms with Crippen molar-refractivity contribution in [1.82, 2.24) is 25.4 Å². The normalized spacial score (nSPS) is 21.1. The summed E-state index contributed by atoms with van der Waals surface area (Å²) in [5.74, 6) is 0.254. The lowest BCUT2D eigenvalue weighted by molar-refractivity contribution is 0.0785. The predicted molar refractivity (Wildman–Crippen MR) is 80.9 cm³/mol. The predicted octanol–water partition coefficient (Wildman–Crippen LogP) is 0.307. The van der Waals surface area contributed by atoms with Gasteiger partial charge < -0.3 is 20.3 Å². The van der Waals surface area contributed by atoms with Crippen molar-refractivity contribution in [3.05, 3.63) is 45.1 Å². The molecule has 4 rings (SSSR count). The van der Waals surface area contributed by atoms with E-state index in [9.17, 15) is 9.59 Å². The summed E-state index contributed by atoms with van der Waals surface area (Å²) in [4.78, 5) is 29.0. The van der Waals surface area contributed by atoms with E-state index in [0.29, 0.717) is 12.2 Å². The van der Waals surface area contributed by atoms with Gasteiger partial charge in [0.05, 0.1) is 0 Å². The molecule has 0 spiro atoms. The number of carbonyl (C=O) groups excluding carboxylic acids is 1. The van der Waals surface area contributed by atoms with E-state index in [-0.39, 0.29) is 17.4 Å². The topological polar surface area (TPSA) is 96.8 Å². The lowest BCUT2D eigenvalue weighted by Gasteiger charge is -2.15. The van der Waals surface area contributed by atoms with Gasteiger partial charge in [-0.1, -0.05) is 0 Å². The third-order valence-corrected chi connectivity index (χ3v) is 4.63. The third-order valence-electron chi connectivity index (χ3n) is 4.63. The molecule has 116 valence electrons. The smallest absolute Gasteiger partial charge is 0.270 e. The van der Waals surface area contributed by atoms with Crippen LogP contribution in [0.2, 0.25) is 0 Å². The zero-order chi connectivity index (χ0) is 15.1. The van der Waals surface area contributed by atoms with Crippen molar-refractivity contribution in [3.8, 4) is 0 Å². The van der Waals surface area contributed by atoms with E-state index < -0.39 is 0 Å². The van der Waals surface area contributed by atoms with E-state index in [1.54, 1.807) is 6.07 Å². The minimum atomic E-state index is -0.121. The van der Waals surface area contributed by atoms with E-state index in [0.717, 1.165) is 43.9 Å². The maximum atomic E-state index is 12.6. The average Bonchev–Trinajstić information content (AvgIpc) is 3.24. The van der Waals surface area contributed by atoms with Crippen molar-refractivity contribution in [2.45, 2.75) is 25.3 Å². The molecular formula is C15H19N5O2. The van der Waals surface area contributed by atoms with E-state index in [2.05, 4.69) is 20.5 Å². The summed E-state index contributed by atoms with van der Waals surface area (Å²) in [6.07, 6.45) is 1.84. The number of hydrogen-bond donors (Lipinski definition) is 4. The van der Waals surface area contributed by atoms with Crippen LogP contribution in [0.25, 0.3) is 0 Å². The van der Waals surface area contributed by atoms with Crippen molar-refractivity contribution >= 4 is 5.91 Å². The van der Waals surface area contributed by atoms with Gasteiger partial charge in [0.25, 0.3) is 11.5 Å². The van der Waals surface area contributed by atoms with Crippen LogP contribution in [-0.4, -0.2) is 45.6 Å². The number of nitrogens with zero attached hydrogens (tertiary/aromatic N) is 1. The molecule has 1 saturated heterocycles. The van der Waals surface area contributed by atoms with Crippen molar-refractivity contribution in [2.24, 2.45) is 0 Å². The fraction of sp³-hybridized carbons (Fsp3) is 0.467. The number of likely N-dealkylation sites (tertiary alicyclic amines) is 1. The van der Waals surface area contributed by atoms with E-state index in [1.807, 2.05) is 11.0 Å². The van der Waals surface area contributed by atoms with Gasteiger partial charge >= 0.3 is 0 Å². The molecule has 0 aromatic carbocycles. The molecule has 1 amide bonds. The minimum absolute atomic E-state index is 0.0507. The van der Waals surface area contributed by atoms with Crippen molar-refractivity contribution in [1.29, 1.82) is 0 Å². The number of fused-ring (bicyclic) bond motifs is 1. The Hall–Kier alpha value is -2.28. The van der Waals surface area contributed by atoms with Gasteiger partial charge in [0.15, 0.2) is 0 Å². The Morgan fingerprint density at radius 3 is 2.95 bits per heavy atom. The molecule has 7 heteroatoms. The van der Waals surface area contributed by atoms with Crippen molar-refractivity contribution in [3.63, 3.8) is 0 Å². The number of aromatic nitrogens is 3. The molecule has 22 heavy (non-hydrogen) atoms. The summed E-state index contributed by atoms with van der Waals surface area (Å²) in [7, 11) is 0. The Balaban J connectivity index is 1.49. The van der Waals surface area contributed by atoms with Crippen molar-refractivity contribution in [2.75, 3.05) is 19.6 Å². The second-order valence-corrected chi connectivity index (χ2v) is 6.06. The van der Waals surface area contributed by atoms with Crippen LogP contribution in [0, 0.1) is 0 Å². The van der Waals surface area contributed by atoms with Gasteiger partial charge in [0, 0.05) is 43.0 Å². The SMILES string of the molecule is O=C(c1cc2c([nH]1)CNCC2)N1CCC(c2cc(=O)[nH][nH]2)C1. The number of rotatable bonds is 2. The number of amides is 1. The number of aromatic amines is 3. The Morgan fingerprint density at radius 1 is 1.27 bits per heavy atom. The Morgan fingerprint density at radius 2 is 2.18 bits per heavy atom. The molecule has 2 aliphatic rings. The van der Waals surface area contributed by atoms with Gasteiger partial charge in [-0.15, -0.1) is 0 Å². The number of carbonyl (C=O) groups is 1. The van der Waals surface area contributed by atoms with Crippen molar-refractivity contribution < 1.29 is 4.79 Å². The number of nitrogens with one attached hydrogen (secondary N) is 4. The monoisotopic (exact) mass is 301 g/mol. The standard InChI is InChI=1S/C15H19N5O2/c21-14-6-11(18-19-14)10-2-4-20(8-10)15(22)12-5-9-1-3-16-7-13(9)17-12/h5-6,10,16-17H,1-4,7-8H2,(H2,18,19,21). The lowest BCUT2D eigenvalue weighted by Crippen LogP contribution is -2.28. The molecule has 0 radical (unpaired) electrons. The number of H-pyrrole nitrogens is 3. The maximum Gasteiger partial charge on any atom is 0.270 e. The molecule has 7 nitrogen and oxygen atoms in total. The zero-order valence-corrected chi connectivity index (χ0v) is 12.2. The molecule has 1 unspecified atom stereocenters. The van der Waals surface area contributed by atoms with Crippen LogP contribution in [0.15, 0.2) is 16.9 Å². The highest BCUT2D eigenvalue weighted by molar-refractivity contribution is 5.93. The van der Waals surface area contributed by atoms with Crippen LogP contribution < -0.4 is 10.9 Å². The zero-order valence-electron chi connectivity index (χ0n) is 12.2. The Labute approximate surface area is 127 Å². The molecule has 4 heterocycles. The van der Waals surface area contributed by atoms with Gasteiger partial charge in [0.2, 0.25) is 0 Å². The molecule has 4 N–H and O–H groups in total. The molecule has 2 aromatic heterocycles. The summed E-state index contributed by atoms with van der Waals surface area (Å²) in [5.41, 5.74) is 3.81. The summed E-state index contributed by atoms with van der Waals surface area (Å²) >= 11 is 0. The molecule has 1 fully saturated rings. The molecule has 1 atom stereocenters. The highest BCUT2D eigenvalue weighted by Gasteiger charge is 2.30. The van der Waals surface area contributed by atoms with Gasteiger partial charge in [-0.2, -0.15) is 0 Å². The van der Waals surface area contributed by atoms with E-state index in [1.165, 1.54) is 5.56 Å². The number of hydrogen-bond acceptors (Lipinski definition) is 3. The van der Waals surface area contributed by atoms with Gasteiger partial charge in [-0.3, -0.25) is 14.7 Å². The fourth-order valence-corrected chi connectivity index (χ4v) is 3.41. The highest BCUT2D eigenvalue weighted by Crippen LogP contribution is 2.26. The highest BCUT2D eigenvalue weighted by atomic mass is 16.2. The lowest BCUT2D eigenvalue weighted by atomic mass is 10.1. The third kappa shape index (κ3) is 2.27. The minimum Gasteiger partial charge on any atom is -0.353 e. The van der Waals surface area contributed by atoms with Crippen LogP contribution in [0.4, 0.5) is 0 Å². The van der Waals surface area contributed by atoms with Gasteiger partial charge in [-0.05, 0) is 31.0 Å². The van der Waals surface area contributed by atoms with E-state index in [4.69, 9.17) is 0 Å². The second-order valence-electron chi connectivity index (χ2n) is 6.06. The molecule has 2 aliphatic heterocycles. The van der Waals surface area contributed by atoms with Crippen LogP contribution in [0.3, 0.4) is 0 Å². The summed E-state index contributed by atoms with van der Waals surface area (Å²) in [5, 5.41) is 8.75. The van der Waals surface area contributed by atoms with Gasteiger partial charge in [0.1, 0.15) is 5.69 Å². The second kappa shape index (κ2) is 5.17. The van der Waals surface area contributed by atoms with Crippen LogP contribution >= 0.6 is 0 Å². The van der Waals surface area contributed by atoms with Crippen LogP contribution in [-0.2, 0) is 13.0 Å². The quantitative estimate of drug-likeness (QED) is 0.642. The Bertz CT molecular complexity index is 733. The summed E-state index contributed by atoms with van der Waals surface area (Å²) in [6, 6.07) is 3.57. The fourth-order valence-electron chi connectivity index (χ4n) is 3.41. The largest absolute Gasteiger partial charge is 0.353 e.